The maximum atomic E-state index is 10.9. The summed E-state index contributed by atoms with van der Waals surface area (Å²) < 4.78 is 55.5. The van der Waals surface area contributed by atoms with Crippen molar-refractivity contribution in [2.24, 2.45) is 0 Å². The number of esters is 1. The predicted molar refractivity (Wildman–Crippen MR) is 203 cm³/mol. The number of methoxy groups -OCH3 is 1. The number of hydrogen-bond donors (Lipinski definition) is 0. The molecule has 11 heteroatoms. The van der Waals surface area contributed by atoms with Crippen molar-refractivity contribution >= 4 is 5.97 Å². The van der Waals surface area contributed by atoms with Gasteiger partial charge in [0.1, 0.15) is 0 Å². The Morgan fingerprint density at radius 1 is 0.333 bits per heavy atom. The number of ether oxygens (including phenoxy) is 10. The van der Waals surface area contributed by atoms with E-state index < -0.39 is 0 Å². The summed E-state index contributed by atoms with van der Waals surface area (Å²) in [6, 6.07) is 0. The molecule has 0 aromatic rings. The van der Waals surface area contributed by atoms with Crippen molar-refractivity contribution < 1.29 is 52.2 Å². The molecule has 0 bridgehead atoms. The molecule has 0 radical (unpaired) electrons. The normalized spacial score (nSPS) is 11.4. The van der Waals surface area contributed by atoms with E-state index in [1.165, 1.54) is 6.08 Å². The molecule has 304 valence electrons. The average Bonchev–Trinajstić information content (AvgIpc) is 3.14. The predicted octanol–water partition coefficient (Wildman–Crippen LogP) is 7.52. The van der Waals surface area contributed by atoms with Crippen LogP contribution in [0.1, 0.15) is 116 Å². The fourth-order valence-corrected chi connectivity index (χ4v) is 4.66. The van der Waals surface area contributed by atoms with Crippen LogP contribution >= 0.6 is 0 Å². The molecule has 0 N–H and O–H groups in total. The molecule has 0 saturated heterocycles. The summed E-state index contributed by atoms with van der Waals surface area (Å²) in [5, 5.41) is 0. The molecule has 0 fully saturated rings. The fourth-order valence-electron chi connectivity index (χ4n) is 4.66. The van der Waals surface area contributed by atoms with Crippen molar-refractivity contribution in [1.82, 2.24) is 0 Å². The maximum absolute atomic E-state index is 10.9. The zero-order valence-electron chi connectivity index (χ0n) is 32.7. The first-order valence-electron chi connectivity index (χ1n) is 20.2. The van der Waals surface area contributed by atoms with Crippen molar-refractivity contribution in [3.63, 3.8) is 0 Å². The number of hydrogen-bond acceptors (Lipinski definition) is 11. The first-order valence-corrected chi connectivity index (χ1v) is 20.2. The second-order valence-corrected chi connectivity index (χ2v) is 12.6. The Balaban J connectivity index is 3.06. The van der Waals surface area contributed by atoms with E-state index in [9.17, 15) is 4.79 Å². The molecule has 0 unspecified atom stereocenters. The zero-order valence-corrected chi connectivity index (χ0v) is 32.7. The molecule has 51 heavy (non-hydrogen) atoms. The molecule has 0 amide bonds. The standard InChI is InChI=1S/C40H78O11/c1-3-40(41)51-39-21-20-38-50-37-19-18-36-49-35-17-16-34-48-33-15-14-32-47-31-13-12-30-46-29-11-10-28-45-27-9-8-26-44-25-7-6-24-43-23-5-4-22-42-2/h3H,1,4-39H2,2H3. The van der Waals surface area contributed by atoms with Gasteiger partial charge in [0.25, 0.3) is 0 Å². The van der Waals surface area contributed by atoms with Gasteiger partial charge in [0.05, 0.1) is 6.61 Å². The Morgan fingerprint density at radius 3 is 0.686 bits per heavy atom. The largest absolute Gasteiger partial charge is 0.463 e. The van der Waals surface area contributed by atoms with Crippen LogP contribution in [0, 0.1) is 0 Å². The lowest BCUT2D eigenvalue weighted by Gasteiger charge is -2.08. The number of carbonyl (C=O) groups excluding carboxylic acids is 1. The van der Waals surface area contributed by atoms with Crippen molar-refractivity contribution in [2.75, 3.05) is 126 Å². The highest BCUT2D eigenvalue weighted by atomic mass is 16.5. The van der Waals surface area contributed by atoms with Crippen LogP contribution in [0.3, 0.4) is 0 Å². The fraction of sp³-hybridized carbons (Fsp3) is 0.925. The third kappa shape index (κ3) is 46.8. The van der Waals surface area contributed by atoms with Gasteiger partial charge < -0.3 is 47.4 Å². The minimum atomic E-state index is -0.368. The zero-order chi connectivity index (χ0) is 36.8. The molecule has 0 spiro atoms. The molecule has 0 saturated carbocycles. The Morgan fingerprint density at radius 2 is 0.510 bits per heavy atom. The lowest BCUT2D eigenvalue weighted by molar-refractivity contribution is -0.137. The van der Waals surface area contributed by atoms with E-state index in [2.05, 4.69) is 6.58 Å². The Kier molecular flexibility index (Phi) is 45.8. The molecule has 0 atom stereocenters. The van der Waals surface area contributed by atoms with Gasteiger partial charge in [-0.15, -0.1) is 0 Å². The highest BCUT2D eigenvalue weighted by Crippen LogP contribution is 2.01. The first kappa shape index (κ1) is 49.9. The van der Waals surface area contributed by atoms with Gasteiger partial charge in [-0.05, 0) is 116 Å². The monoisotopic (exact) mass is 735 g/mol. The molecule has 0 aliphatic heterocycles. The highest BCUT2D eigenvalue weighted by molar-refractivity contribution is 5.81. The van der Waals surface area contributed by atoms with Gasteiger partial charge in [0.2, 0.25) is 0 Å². The smallest absolute Gasteiger partial charge is 0.330 e. The highest BCUT2D eigenvalue weighted by Gasteiger charge is 1.99. The van der Waals surface area contributed by atoms with E-state index in [1.54, 1.807) is 7.11 Å². The Bertz CT molecular complexity index is 668. The summed E-state index contributed by atoms with van der Waals surface area (Å²) >= 11 is 0. The minimum Gasteiger partial charge on any atom is -0.463 e. The van der Waals surface area contributed by atoms with Crippen molar-refractivity contribution in [1.29, 1.82) is 0 Å². The molecular weight excluding hydrogens is 656 g/mol. The van der Waals surface area contributed by atoms with E-state index in [0.717, 1.165) is 221 Å². The molecule has 0 aliphatic carbocycles. The van der Waals surface area contributed by atoms with Crippen LogP contribution in [0.15, 0.2) is 12.7 Å². The second kappa shape index (κ2) is 46.9. The molecule has 0 heterocycles. The summed E-state index contributed by atoms with van der Waals surface area (Å²) in [4.78, 5) is 10.9. The van der Waals surface area contributed by atoms with Crippen LogP contribution in [0.5, 0.6) is 0 Å². The maximum Gasteiger partial charge on any atom is 0.330 e. The summed E-state index contributed by atoms with van der Waals surface area (Å²) in [6.45, 7) is 17.3. The van der Waals surface area contributed by atoms with Gasteiger partial charge in [-0.1, -0.05) is 6.58 Å². The minimum absolute atomic E-state index is 0.368. The van der Waals surface area contributed by atoms with Gasteiger partial charge in [0, 0.05) is 126 Å². The van der Waals surface area contributed by atoms with E-state index in [4.69, 9.17) is 47.4 Å². The molecule has 0 aromatic carbocycles. The SMILES string of the molecule is C=CC(=O)OCCCCOCCCCOCCCCOCCCCOCCCCOCCCCOCCCCOCCCCOCCCCOC. The van der Waals surface area contributed by atoms with Gasteiger partial charge in [-0.2, -0.15) is 0 Å². The van der Waals surface area contributed by atoms with E-state index in [-0.39, 0.29) is 5.97 Å². The molecule has 0 aliphatic rings. The van der Waals surface area contributed by atoms with Gasteiger partial charge in [-0.25, -0.2) is 4.79 Å². The molecular formula is C40H78O11. The van der Waals surface area contributed by atoms with Crippen LogP contribution in [-0.4, -0.2) is 132 Å². The summed E-state index contributed by atoms with van der Waals surface area (Å²) in [6.07, 6.45) is 19.6. The van der Waals surface area contributed by atoms with E-state index >= 15 is 0 Å². The topological polar surface area (TPSA) is 109 Å². The number of unbranched alkanes of at least 4 members (excludes halogenated alkanes) is 9. The lowest BCUT2D eigenvalue weighted by Crippen LogP contribution is -2.05. The van der Waals surface area contributed by atoms with Gasteiger partial charge in [0.15, 0.2) is 0 Å². The summed E-state index contributed by atoms with van der Waals surface area (Å²) in [5.41, 5.74) is 0. The van der Waals surface area contributed by atoms with Gasteiger partial charge >= 0.3 is 5.97 Å². The third-order valence-corrected chi connectivity index (χ3v) is 7.77. The average molecular weight is 735 g/mol. The van der Waals surface area contributed by atoms with Gasteiger partial charge in [-0.3, -0.25) is 0 Å². The quantitative estimate of drug-likeness (QED) is 0.0352. The second-order valence-electron chi connectivity index (χ2n) is 12.6. The Labute approximate surface area is 312 Å². The number of rotatable bonds is 46. The Hall–Kier alpha value is -1.15. The molecule has 11 nitrogen and oxygen atoms in total. The van der Waals surface area contributed by atoms with Crippen LogP contribution in [0.25, 0.3) is 0 Å². The van der Waals surface area contributed by atoms with Crippen molar-refractivity contribution in [2.45, 2.75) is 116 Å². The van der Waals surface area contributed by atoms with Crippen molar-refractivity contribution in [3.8, 4) is 0 Å². The van der Waals surface area contributed by atoms with Crippen molar-refractivity contribution in [3.05, 3.63) is 12.7 Å². The summed E-state index contributed by atoms with van der Waals surface area (Å²) in [5.74, 6) is -0.368. The summed E-state index contributed by atoms with van der Waals surface area (Å²) in [7, 11) is 1.74. The van der Waals surface area contributed by atoms with E-state index in [0.29, 0.717) is 13.2 Å². The van der Waals surface area contributed by atoms with Crippen LogP contribution in [0.2, 0.25) is 0 Å². The molecule has 0 aromatic heterocycles. The van der Waals surface area contributed by atoms with Crippen LogP contribution < -0.4 is 0 Å². The lowest BCUT2D eigenvalue weighted by atomic mass is 10.3. The van der Waals surface area contributed by atoms with Crippen LogP contribution in [-0.2, 0) is 52.2 Å². The van der Waals surface area contributed by atoms with E-state index in [1.807, 2.05) is 0 Å². The molecule has 0 rings (SSSR count). The van der Waals surface area contributed by atoms with Crippen LogP contribution in [0.4, 0.5) is 0 Å². The third-order valence-electron chi connectivity index (χ3n) is 7.77. The number of carbonyl (C=O) groups is 1. The first-order chi connectivity index (χ1) is 25.3.